The van der Waals surface area contributed by atoms with Gasteiger partial charge in [-0.05, 0) is 0 Å². The molecule has 0 amide bonds. The molecule has 0 radical (unpaired) electrons. The van der Waals surface area contributed by atoms with E-state index in [4.69, 9.17) is 26.7 Å². The molecule has 4 atom stereocenters. The molecular weight excluding hydrogens is 363 g/mol. The fourth-order valence-corrected chi connectivity index (χ4v) is 2.62. The van der Waals surface area contributed by atoms with Crippen molar-refractivity contribution in [3.8, 4) is 0 Å². The van der Waals surface area contributed by atoms with Gasteiger partial charge in [0.05, 0.1) is 12.0 Å². The lowest BCUT2D eigenvalue weighted by Crippen LogP contribution is -2.33. The van der Waals surface area contributed by atoms with Crippen LogP contribution in [0.3, 0.4) is 0 Å². The van der Waals surface area contributed by atoms with E-state index in [0.29, 0.717) is 16.6 Å². The van der Waals surface area contributed by atoms with Gasteiger partial charge in [-0.25, -0.2) is 9.97 Å². The summed E-state index contributed by atoms with van der Waals surface area (Å²) < 4.78 is 6.89. The first-order valence-corrected chi connectivity index (χ1v) is 6.53. The first kappa shape index (κ1) is 20.4. The topological polar surface area (TPSA) is 177 Å². The Kier molecular flexibility index (Phi) is 6.33. The molecular formula is C12H18Cl2N6O4. The highest BCUT2D eigenvalue weighted by atomic mass is 35.5. The average molecular weight is 381 g/mol. The number of amidine groups is 1. The summed E-state index contributed by atoms with van der Waals surface area (Å²) in [6.07, 6.45) is -1.73. The normalized spacial score (nSPS) is 26.0. The van der Waals surface area contributed by atoms with Gasteiger partial charge in [-0.15, -0.1) is 24.8 Å². The van der Waals surface area contributed by atoms with Gasteiger partial charge >= 0.3 is 0 Å². The Morgan fingerprint density at radius 1 is 1.29 bits per heavy atom. The summed E-state index contributed by atoms with van der Waals surface area (Å²) in [5.74, 6) is -0.0994. The summed E-state index contributed by atoms with van der Waals surface area (Å²) in [7, 11) is 0. The zero-order valence-corrected chi connectivity index (χ0v) is 13.9. The third-order valence-corrected chi connectivity index (χ3v) is 3.72. The van der Waals surface area contributed by atoms with E-state index in [-0.39, 0.29) is 36.5 Å². The van der Waals surface area contributed by atoms with Crippen molar-refractivity contribution >= 4 is 47.5 Å². The van der Waals surface area contributed by atoms with E-state index >= 15 is 0 Å². The number of nitrogens with zero attached hydrogens (tertiary/aromatic N) is 3. The van der Waals surface area contributed by atoms with Crippen LogP contribution in [0.2, 0.25) is 0 Å². The van der Waals surface area contributed by atoms with E-state index in [1.807, 2.05) is 0 Å². The van der Waals surface area contributed by atoms with Crippen LogP contribution in [-0.2, 0) is 4.74 Å². The van der Waals surface area contributed by atoms with E-state index in [2.05, 4.69) is 9.97 Å². The average Bonchev–Trinajstić information content (AvgIpc) is 3.00. The van der Waals surface area contributed by atoms with Crippen LogP contribution in [-0.4, -0.2) is 60.6 Å². The lowest BCUT2D eigenvalue weighted by atomic mass is 10.1. The van der Waals surface area contributed by atoms with E-state index < -0.39 is 31.1 Å². The Hall–Kier alpha value is -1.69. The van der Waals surface area contributed by atoms with Crippen molar-refractivity contribution in [2.75, 3.05) is 12.3 Å². The highest BCUT2D eigenvalue weighted by Crippen LogP contribution is 2.34. The molecule has 1 fully saturated rings. The van der Waals surface area contributed by atoms with E-state index in [1.54, 1.807) is 0 Å². The molecule has 3 heterocycles. The Morgan fingerprint density at radius 2 is 1.96 bits per heavy atom. The number of nitrogen functional groups attached to an aromatic ring is 2. The second-order valence-corrected chi connectivity index (χ2v) is 5.05. The summed E-state index contributed by atoms with van der Waals surface area (Å²) in [5, 5.41) is 37.1. The zero-order chi connectivity index (χ0) is 16.0. The van der Waals surface area contributed by atoms with Gasteiger partial charge in [-0.3, -0.25) is 5.41 Å². The first-order valence-electron chi connectivity index (χ1n) is 6.53. The molecule has 0 unspecified atom stereocenters. The van der Waals surface area contributed by atoms with E-state index in [1.165, 1.54) is 17.1 Å². The number of nitrogens with one attached hydrogen (secondary N) is 1. The van der Waals surface area contributed by atoms with Crippen LogP contribution >= 0.6 is 24.8 Å². The standard InChI is InChI=1S/C12H16N6O4.2ClH/c13-9(14)4-1-18(11-6(4)10(15)16-3-17-11)12-8(21)7(20)5(2-19)22-12;;/h1,3,5,7-8,12,19-21H,2H2,(H3,13,14)(H2,15,16,17);2*1H/t5-,7-,8-,12-;;/m1../s1. The largest absolute Gasteiger partial charge is 0.394 e. The maximum Gasteiger partial charge on any atom is 0.164 e. The molecule has 1 saturated heterocycles. The molecule has 0 aliphatic carbocycles. The summed E-state index contributed by atoms with van der Waals surface area (Å²) >= 11 is 0. The molecule has 0 bridgehead atoms. The van der Waals surface area contributed by atoms with Crippen molar-refractivity contribution in [1.82, 2.24) is 14.5 Å². The van der Waals surface area contributed by atoms with Crippen molar-refractivity contribution in [2.45, 2.75) is 24.5 Å². The fourth-order valence-electron chi connectivity index (χ4n) is 2.62. The molecule has 1 aliphatic rings. The first-order chi connectivity index (χ1) is 10.5. The second kappa shape index (κ2) is 7.47. The molecule has 2 aromatic rings. The molecule has 0 spiro atoms. The lowest BCUT2D eigenvalue weighted by molar-refractivity contribution is -0.0508. The van der Waals surface area contributed by atoms with Gasteiger partial charge < -0.3 is 36.1 Å². The van der Waals surface area contributed by atoms with Crippen LogP contribution in [0.1, 0.15) is 11.8 Å². The SMILES string of the molecule is Cl.Cl.N=C(N)c1cn([C@@H]2O[C@H](CO)[C@@H](O)[C@H]2O)c2ncnc(N)c12. The number of hydrogen-bond acceptors (Lipinski definition) is 8. The fraction of sp³-hybridized carbons (Fsp3) is 0.417. The number of aromatic nitrogens is 3. The van der Waals surface area contributed by atoms with Crippen LogP contribution in [0.4, 0.5) is 5.82 Å². The van der Waals surface area contributed by atoms with E-state index in [9.17, 15) is 10.2 Å². The molecule has 2 aromatic heterocycles. The van der Waals surface area contributed by atoms with Crippen molar-refractivity contribution in [3.63, 3.8) is 0 Å². The van der Waals surface area contributed by atoms with Crippen LogP contribution in [0, 0.1) is 5.41 Å². The zero-order valence-electron chi connectivity index (χ0n) is 12.2. The van der Waals surface area contributed by atoms with E-state index in [0.717, 1.165) is 0 Å². The van der Waals surface area contributed by atoms with Gasteiger partial charge in [0.15, 0.2) is 6.23 Å². The Bertz CT molecular complexity index is 742. The molecule has 8 N–H and O–H groups in total. The van der Waals surface area contributed by atoms with Gasteiger partial charge in [0, 0.05) is 11.8 Å². The van der Waals surface area contributed by atoms with Crippen molar-refractivity contribution in [1.29, 1.82) is 5.41 Å². The molecule has 1 aliphatic heterocycles. The number of aliphatic hydroxyl groups excluding tert-OH is 3. The number of fused-ring (bicyclic) bond motifs is 1. The van der Waals surface area contributed by atoms with Crippen molar-refractivity contribution < 1.29 is 20.1 Å². The predicted octanol–water partition coefficient (Wildman–Crippen LogP) is -1.25. The monoisotopic (exact) mass is 380 g/mol. The van der Waals surface area contributed by atoms with Gasteiger partial charge in [0.1, 0.15) is 41.9 Å². The van der Waals surface area contributed by atoms with Crippen molar-refractivity contribution in [2.24, 2.45) is 5.73 Å². The number of nitrogens with two attached hydrogens (primary N) is 2. The van der Waals surface area contributed by atoms with Crippen LogP contribution < -0.4 is 11.5 Å². The van der Waals surface area contributed by atoms with Crippen LogP contribution in [0.15, 0.2) is 12.5 Å². The van der Waals surface area contributed by atoms with Gasteiger partial charge in [-0.2, -0.15) is 0 Å². The number of halogens is 2. The molecule has 24 heavy (non-hydrogen) atoms. The molecule has 3 rings (SSSR count). The maximum atomic E-state index is 10.1. The van der Waals surface area contributed by atoms with Crippen LogP contribution in [0.25, 0.3) is 11.0 Å². The summed E-state index contributed by atoms with van der Waals surface area (Å²) in [6.45, 7) is -0.440. The van der Waals surface area contributed by atoms with Gasteiger partial charge in [0.25, 0.3) is 0 Å². The Morgan fingerprint density at radius 3 is 2.50 bits per heavy atom. The second-order valence-electron chi connectivity index (χ2n) is 5.05. The lowest BCUT2D eigenvalue weighted by Gasteiger charge is -2.17. The summed E-state index contributed by atoms with van der Waals surface area (Å²) in [4.78, 5) is 7.95. The molecule has 0 aromatic carbocycles. The minimum Gasteiger partial charge on any atom is -0.394 e. The minimum atomic E-state index is -1.27. The molecule has 134 valence electrons. The number of aliphatic hydroxyl groups is 3. The minimum absolute atomic E-state index is 0. The summed E-state index contributed by atoms with van der Waals surface area (Å²) in [6, 6.07) is 0. The molecule has 0 saturated carbocycles. The predicted molar refractivity (Wildman–Crippen MR) is 90.5 cm³/mol. The quantitative estimate of drug-likeness (QED) is 0.282. The van der Waals surface area contributed by atoms with Crippen LogP contribution in [0.5, 0.6) is 0 Å². The highest BCUT2D eigenvalue weighted by Gasteiger charge is 2.44. The molecule has 12 heteroatoms. The number of rotatable bonds is 3. The molecule has 10 nitrogen and oxygen atoms in total. The van der Waals surface area contributed by atoms with Gasteiger partial charge in [-0.1, -0.05) is 0 Å². The smallest absolute Gasteiger partial charge is 0.164 e. The Labute approximate surface area is 148 Å². The third-order valence-electron chi connectivity index (χ3n) is 3.72. The number of ether oxygens (including phenoxy) is 1. The summed E-state index contributed by atoms with van der Waals surface area (Å²) in [5.41, 5.74) is 12.0. The van der Waals surface area contributed by atoms with Crippen molar-refractivity contribution in [3.05, 3.63) is 18.1 Å². The Balaban J connectivity index is 0.00000144. The highest BCUT2D eigenvalue weighted by molar-refractivity contribution is 6.09. The number of anilines is 1. The van der Waals surface area contributed by atoms with Gasteiger partial charge in [0.2, 0.25) is 0 Å². The third kappa shape index (κ3) is 2.99. The maximum absolute atomic E-state index is 10.1. The number of hydrogen-bond donors (Lipinski definition) is 6.